The van der Waals surface area contributed by atoms with Crippen molar-refractivity contribution in [1.82, 2.24) is 24.8 Å². The number of hydrogen-bond donors (Lipinski definition) is 2. The molecular formula is C23H27N5O4. The SMILES string of the molecule is COc1ccc(CCC(=O)NC2CCN(C(=O)c3cc4c(=O)[nH]c(C)cn4n3)CC2)cc1. The van der Waals surface area contributed by atoms with Crippen molar-refractivity contribution in [3.05, 3.63) is 63.8 Å². The molecule has 0 aliphatic carbocycles. The number of nitrogens with zero attached hydrogens (tertiary/aromatic N) is 3. The first-order valence-electron chi connectivity index (χ1n) is 10.7. The number of amides is 2. The van der Waals surface area contributed by atoms with Gasteiger partial charge in [-0.1, -0.05) is 12.1 Å². The molecule has 3 aromatic rings. The number of hydrogen-bond acceptors (Lipinski definition) is 5. The zero-order chi connectivity index (χ0) is 22.7. The van der Waals surface area contributed by atoms with Crippen molar-refractivity contribution in [2.24, 2.45) is 0 Å². The quantitative estimate of drug-likeness (QED) is 0.610. The van der Waals surface area contributed by atoms with E-state index in [-0.39, 0.29) is 29.1 Å². The minimum atomic E-state index is -0.271. The van der Waals surface area contributed by atoms with Gasteiger partial charge in [0.1, 0.15) is 11.3 Å². The van der Waals surface area contributed by atoms with Gasteiger partial charge in [0.25, 0.3) is 11.5 Å². The average molecular weight is 438 g/mol. The van der Waals surface area contributed by atoms with Crippen molar-refractivity contribution < 1.29 is 14.3 Å². The Morgan fingerprint density at radius 3 is 2.62 bits per heavy atom. The molecule has 0 unspecified atom stereocenters. The van der Waals surface area contributed by atoms with Gasteiger partial charge in [0, 0.05) is 43.5 Å². The molecule has 1 aromatic carbocycles. The summed E-state index contributed by atoms with van der Waals surface area (Å²) in [7, 11) is 1.63. The molecule has 1 aliphatic rings. The fourth-order valence-electron chi connectivity index (χ4n) is 3.96. The predicted molar refractivity (Wildman–Crippen MR) is 119 cm³/mol. The minimum absolute atomic E-state index is 0.0144. The lowest BCUT2D eigenvalue weighted by atomic mass is 10.0. The van der Waals surface area contributed by atoms with Crippen LogP contribution < -0.4 is 15.6 Å². The second-order valence-electron chi connectivity index (χ2n) is 8.11. The second kappa shape index (κ2) is 9.25. The number of aromatic amines is 1. The van der Waals surface area contributed by atoms with Gasteiger partial charge in [-0.2, -0.15) is 5.10 Å². The van der Waals surface area contributed by atoms with Crippen molar-refractivity contribution in [2.45, 2.75) is 38.6 Å². The summed E-state index contributed by atoms with van der Waals surface area (Å²) >= 11 is 0. The first-order chi connectivity index (χ1) is 15.4. The van der Waals surface area contributed by atoms with Gasteiger partial charge in [-0.25, -0.2) is 4.52 Å². The van der Waals surface area contributed by atoms with Gasteiger partial charge < -0.3 is 19.9 Å². The van der Waals surface area contributed by atoms with Crippen LogP contribution in [0.25, 0.3) is 5.52 Å². The number of aromatic nitrogens is 3. The number of aryl methyl sites for hydroxylation is 2. The van der Waals surface area contributed by atoms with Gasteiger partial charge in [-0.15, -0.1) is 0 Å². The van der Waals surface area contributed by atoms with Crippen LogP contribution in [-0.2, 0) is 11.2 Å². The normalized spacial score (nSPS) is 14.5. The van der Waals surface area contributed by atoms with Gasteiger partial charge >= 0.3 is 0 Å². The summed E-state index contributed by atoms with van der Waals surface area (Å²) in [5.74, 6) is 0.612. The number of benzene rings is 1. The van der Waals surface area contributed by atoms with Gasteiger partial charge in [-0.05, 0) is 43.9 Å². The lowest BCUT2D eigenvalue weighted by molar-refractivity contribution is -0.122. The molecule has 3 heterocycles. The number of rotatable bonds is 6. The van der Waals surface area contributed by atoms with E-state index in [4.69, 9.17) is 4.74 Å². The zero-order valence-electron chi connectivity index (χ0n) is 18.3. The Labute approximate surface area is 185 Å². The van der Waals surface area contributed by atoms with Crippen LogP contribution in [0.15, 0.2) is 41.3 Å². The zero-order valence-corrected chi connectivity index (χ0v) is 18.3. The van der Waals surface area contributed by atoms with E-state index < -0.39 is 0 Å². The van der Waals surface area contributed by atoms with Gasteiger partial charge in [0.05, 0.1) is 7.11 Å². The van der Waals surface area contributed by atoms with Crippen LogP contribution in [0, 0.1) is 6.92 Å². The van der Waals surface area contributed by atoms with Crippen LogP contribution in [0.2, 0.25) is 0 Å². The summed E-state index contributed by atoms with van der Waals surface area (Å²) in [6.45, 7) is 2.83. The molecule has 0 atom stereocenters. The lowest BCUT2D eigenvalue weighted by Crippen LogP contribution is -2.46. The molecule has 9 heteroatoms. The Morgan fingerprint density at radius 2 is 1.94 bits per heavy atom. The van der Waals surface area contributed by atoms with E-state index in [1.165, 1.54) is 10.6 Å². The third kappa shape index (κ3) is 4.82. The maximum absolute atomic E-state index is 12.8. The number of ether oxygens (including phenoxy) is 1. The number of nitrogens with one attached hydrogen (secondary N) is 2. The molecule has 4 rings (SSSR count). The fraction of sp³-hybridized carbons (Fsp3) is 0.391. The summed E-state index contributed by atoms with van der Waals surface area (Å²) < 4.78 is 6.59. The van der Waals surface area contributed by atoms with Crippen LogP contribution in [0.3, 0.4) is 0 Å². The smallest absolute Gasteiger partial charge is 0.274 e. The molecule has 1 aliphatic heterocycles. The third-order valence-electron chi connectivity index (χ3n) is 5.76. The molecule has 0 bridgehead atoms. The van der Waals surface area contributed by atoms with Gasteiger partial charge in [0.2, 0.25) is 5.91 Å². The number of methoxy groups -OCH3 is 1. The van der Waals surface area contributed by atoms with Crippen LogP contribution in [0.4, 0.5) is 0 Å². The van der Waals surface area contributed by atoms with Crippen LogP contribution in [0.5, 0.6) is 5.75 Å². The highest BCUT2D eigenvalue weighted by molar-refractivity contribution is 5.93. The summed E-state index contributed by atoms with van der Waals surface area (Å²) in [6, 6.07) is 9.28. The summed E-state index contributed by atoms with van der Waals surface area (Å²) in [5, 5.41) is 7.35. The molecule has 2 aromatic heterocycles. The first-order valence-corrected chi connectivity index (χ1v) is 10.7. The van der Waals surface area contributed by atoms with Gasteiger partial charge in [0.15, 0.2) is 5.69 Å². The van der Waals surface area contributed by atoms with Crippen LogP contribution >= 0.6 is 0 Å². The molecule has 0 spiro atoms. The molecule has 0 radical (unpaired) electrons. The third-order valence-corrected chi connectivity index (χ3v) is 5.76. The largest absolute Gasteiger partial charge is 0.497 e. The minimum Gasteiger partial charge on any atom is -0.497 e. The van der Waals surface area contributed by atoms with Crippen molar-refractivity contribution in [3.63, 3.8) is 0 Å². The van der Waals surface area contributed by atoms with Crippen molar-refractivity contribution >= 4 is 17.3 Å². The highest BCUT2D eigenvalue weighted by Gasteiger charge is 2.26. The monoisotopic (exact) mass is 437 g/mol. The highest BCUT2D eigenvalue weighted by atomic mass is 16.5. The maximum atomic E-state index is 12.8. The topological polar surface area (TPSA) is 109 Å². The molecule has 1 fully saturated rings. The van der Waals surface area contributed by atoms with Crippen molar-refractivity contribution in [3.8, 4) is 5.75 Å². The molecule has 2 N–H and O–H groups in total. The number of piperidine rings is 1. The highest BCUT2D eigenvalue weighted by Crippen LogP contribution is 2.16. The number of H-pyrrole nitrogens is 1. The fourth-order valence-corrected chi connectivity index (χ4v) is 3.96. The van der Waals surface area contributed by atoms with E-state index in [2.05, 4.69) is 15.4 Å². The number of carbonyl (C=O) groups is 2. The molecule has 168 valence electrons. The Balaban J connectivity index is 1.27. The predicted octanol–water partition coefficient (Wildman–Crippen LogP) is 1.69. The van der Waals surface area contributed by atoms with E-state index in [1.807, 2.05) is 24.3 Å². The van der Waals surface area contributed by atoms with Crippen molar-refractivity contribution in [2.75, 3.05) is 20.2 Å². The summed E-state index contributed by atoms with van der Waals surface area (Å²) in [4.78, 5) is 41.7. The maximum Gasteiger partial charge on any atom is 0.274 e. The average Bonchev–Trinajstić information content (AvgIpc) is 3.22. The Bertz CT molecular complexity index is 1170. The van der Waals surface area contributed by atoms with Gasteiger partial charge in [-0.3, -0.25) is 14.4 Å². The first kappa shape index (κ1) is 21.6. The molecular weight excluding hydrogens is 410 g/mol. The number of likely N-dealkylation sites (tertiary alicyclic amines) is 1. The lowest BCUT2D eigenvalue weighted by Gasteiger charge is -2.32. The van der Waals surface area contributed by atoms with E-state index >= 15 is 0 Å². The second-order valence-corrected chi connectivity index (χ2v) is 8.11. The molecule has 9 nitrogen and oxygen atoms in total. The molecule has 0 saturated carbocycles. The standard InChI is InChI=1S/C23H27N5O4/c1-15-14-28-20(22(30)24-15)13-19(26-28)23(31)27-11-9-17(10-12-27)25-21(29)8-5-16-3-6-18(32-2)7-4-16/h3-4,6-7,13-14,17H,5,8-12H2,1-2H3,(H,24,30)(H,25,29). The molecule has 1 saturated heterocycles. The van der Waals surface area contributed by atoms with E-state index in [1.54, 1.807) is 25.1 Å². The Morgan fingerprint density at radius 1 is 1.22 bits per heavy atom. The van der Waals surface area contributed by atoms with Crippen LogP contribution in [0.1, 0.15) is 41.0 Å². The summed E-state index contributed by atoms with van der Waals surface area (Å²) in [5.41, 5.74) is 2.09. The molecule has 32 heavy (non-hydrogen) atoms. The van der Waals surface area contributed by atoms with E-state index in [9.17, 15) is 14.4 Å². The molecule has 2 amide bonds. The van der Waals surface area contributed by atoms with E-state index in [0.717, 1.165) is 11.3 Å². The van der Waals surface area contributed by atoms with Crippen molar-refractivity contribution in [1.29, 1.82) is 0 Å². The van der Waals surface area contributed by atoms with E-state index in [0.29, 0.717) is 50.0 Å². The number of fused-ring (bicyclic) bond motifs is 1. The van der Waals surface area contributed by atoms with Crippen LogP contribution in [-0.4, -0.2) is 57.6 Å². The number of carbonyl (C=O) groups excluding carboxylic acids is 2. The Hall–Kier alpha value is -3.62. The Kier molecular flexibility index (Phi) is 6.25. The summed E-state index contributed by atoms with van der Waals surface area (Å²) in [6.07, 6.45) is 4.14.